The Hall–Kier alpha value is -3.67. The average molecular weight is 504 g/mol. The molecule has 0 amide bonds. The predicted molar refractivity (Wildman–Crippen MR) is 147 cm³/mol. The summed E-state index contributed by atoms with van der Waals surface area (Å²) in [6, 6.07) is 14.6. The minimum absolute atomic E-state index is 0.0250. The van der Waals surface area contributed by atoms with E-state index in [0.717, 1.165) is 36.5 Å². The largest absolute Gasteiger partial charge is 0.478 e. The van der Waals surface area contributed by atoms with Crippen molar-refractivity contribution in [2.75, 3.05) is 0 Å². The van der Waals surface area contributed by atoms with Gasteiger partial charge in [0.15, 0.2) is 5.78 Å². The van der Waals surface area contributed by atoms with Crippen LogP contribution in [0.1, 0.15) is 103 Å². The summed E-state index contributed by atoms with van der Waals surface area (Å²) in [6.07, 6.45) is 13.3. The first kappa shape index (κ1) is 27.9. The molecule has 0 fully saturated rings. The van der Waals surface area contributed by atoms with Crippen molar-refractivity contribution >= 4 is 34.7 Å². The molecular formula is C31H37NO5. The lowest BCUT2D eigenvalue weighted by molar-refractivity contribution is -0.131. The van der Waals surface area contributed by atoms with Crippen molar-refractivity contribution in [3.05, 3.63) is 77.0 Å². The van der Waals surface area contributed by atoms with Gasteiger partial charge in [0.1, 0.15) is 5.69 Å². The molecule has 0 aliphatic carbocycles. The normalized spacial score (nSPS) is 11.4. The monoisotopic (exact) mass is 503 g/mol. The van der Waals surface area contributed by atoms with Crippen LogP contribution in [0.15, 0.2) is 54.6 Å². The van der Waals surface area contributed by atoms with E-state index in [1.807, 2.05) is 36.4 Å². The second-order valence-corrected chi connectivity index (χ2v) is 9.55. The Morgan fingerprint density at radius 2 is 1.43 bits per heavy atom. The standard InChI is InChI=1S/C31H37NO5/c1-2-3-4-5-6-7-8-9-10-15-27(33)29-25-13-11-12-14-26(25)32(30(29)31(36)37)22-24-18-16-23(17-19-24)20-21-28(34)35/h11-14,16-21H,2-10,15,22H2,1H3,(H,34,35)(H,36,37)/b21-20+. The fourth-order valence-electron chi connectivity index (χ4n) is 4.78. The number of rotatable bonds is 16. The fraction of sp³-hybridized carbons (Fsp3) is 0.387. The van der Waals surface area contributed by atoms with Crippen LogP contribution in [0.2, 0.25) is 0 Å². The smallest absolute Gasteiger partial charge is 0.353 e. The van der Waals surface area contributed by atoms with Crippen LogP contribution in [0.25, 0.3) is 17.0 Å². The highest BCUT2D eigenvalue weighted by Gasteiger charge is 2.26. The Labute approximate surface area is 218 Å². The molecule has 0 radical (unpaired) electrons. The summed E-state index contributed by atoms with van der Waals surface area (Å²) in [5.41, 5.74) is 2.62. The Morgan fingerprint density at radius 3 is 2.05 bits per heavy atom. The van der Waals surface area contributed by atoms with Gasteiger partial charge in [0.25, 0.3) is 0 Å². The van der Waals surface area contributed by atoms with Crippen LogP contribution in [0.3, 0.4) is 0 Å². The number of aromatic carboxylic acids is 1. The van der Waals surface area contributed by atoms with Crippen LogP contribution in [0, 0.1) is 0 Å². The number of Topliss-reactive ketones (excluding diaryl/α,β-unsaturated/α-hetero) is 1. The first-order chi connectivity index (χ1) is 17.9. The molecule has 3 rings (SSSR count). The molecule has 0 bridgehead atoms. The molecule has 3 aromatic rings. The number of para-hydroxylation sites is 1. The van der Waals surface area contributed by atoms with E-state index < -0.39 is 11.9 Å². The summed E-state index contributed by atoms with van der Waals surface area (Å²) in [5.74, 6) is -2.26. The lowest BCUT2D eigenvalue weighted by Gasteiger charge is -2.10. The van der Waals surface area contributed by atoms with E-state index in [4.69, 9.17) is 5.11 Å². The van der Waals surface area contributed by atoms with Crippen molar-refractivity contribution in [2.24, 2.45) is 0 Å². The highest BCUT2D eigenvalue weighted by Crippen LogP contribution is 2.29. The van der Waals surface area contributed by atoms with Gasteiger partial charge in [0.2, 0.25) is 0 Å². The minimum Gasteiger partial charge on any atom is -0.478 e. The number of hydrogen-bond donors (Lipinski definition) is 2. The number of carbonyl (C=O) groups is 3. The fourth-order valence-corrected chi connectivity index (χ4v) is 4.78. The highest BCUT2D eigenvalue weighted by atomic mass is 16.4. The lowest BCUT2D eigenvalue weighted by Crippen LogP contribution is -2.14. The Kier molecular flexibility index (Phi) is 10.7. The first-order valence-corrected chi connectivity index (χ1v) is 13.3. The molecule has 0 aliphatic rings. The molecule has 1 heterocycles. The van der Waals surface area contributed by atoms with Gasteiger partial charge in [-0.15, -0.1) is 0 Å². The second kappa shape index (κ2) is 14.2. The zero-order valence-electron chi connectivity index (χ0n) is 21.6. The summed E-state index contributed by atoms with van der Waals surface area (Å²) in [6.45, 7) is 2.50. The van der Waals surface area contributed by atoms with Crippen LogP contribution in [0.4, 0.5) is 0 Å². The molecule has 2 N–H and O–H groups in total. The summed E-state index contributed by atoms with van der Waals surface area (Å²) >= 11 is 0. The van der Waals surface area contributed by atoms with E-state index in [0.29, 0.717) is 22.9 Å². The van der Waals surface area contributed by atoms with Crippen molar-refractivity contribution in [3.8, 4) is 0 Å². The van der Waals surface area contributed by atoms with E-state index >= 15 is 0 Å². The Morgan fingerprint density at radius 1 is 0.811 bits per heavy atom. The van der Waals surface area contributed by atoms with Crippen LogP contribution >= 0.6 is 0 Å². The molecule has 2 aromatic carbocycles. The average Bonchev–Trinajstić information content (AvgIpc) is 3.21. The van der Waals surface area contributed by atoms with E-state index in [1.165, 1.54) is 44.6 Å². The third kappa shape index (κ3) is 7.91. The predicted octanol–water partition coefficient (Wildman–Crippen LogP) is 7.59. The summed E-state index contributed by atoms with van der Waals surface area (Å²) in [4.78, 5) is 36.4. The van der Waals surface area contributed by atoms with E-state index in [-0.39, 0.29) is 18.0 Å². The third-order valence-corrected chi connectivity index (χ3v) is 6.70. The zero-order chi connectivity index (χ0) is 26.6. The van der Waals surface area contributed by atoms with Crippen molar-refractivity contribution in [3.63, 3.8) is 0 Å². The van der Waals surface area contributed by atoms with Gasteiger partial charge in [0, 0.05) is 29.9 Å². The molecule has 0 spiro atoms. The molecular weight excluding hydrogens is 466 g/mol. The number of benzene rings is 2. The molecule has 0 unspecified atom stereocenters. The number of aromatic nitrogens is 1. The van der Waals surface area contributed by atoms with Gasteiger partial charge in [-0.3, -0.25) is 4.79 Å². The van der Waals surface area contributed by atoms with Crippen LogP contribution in [0.5, 0.6) is 0 Å². The van der Waals surface area contributed by atoms with Crippen LogP contribution in [-0.4, -0.2) is 32.5 Å². The van der Waals surface area contributed by atoms with E-state index in [2.05, 4.69) is 6.92 Å². The third-order valence-electron chi connectivity index (χ3n) is 6.70. The molecule has 0 atom stereocenters. The minimum atomic E-state index is -1.12. The van der Waals surface area contributed by atoms with Gasteiger partial charge in [-0.25, -0.2) is 9.59 Å². The number of aliphatic carboxylic acids is 1. The number of carboxylic acid groups (broad SMARTS) is 2. The quantitative estimate of drug-likeness (QED) is 0.119. The maximum Gasteiger partial charge on any atom is 0.353 e. The molecule has 0 aliphatic heterocycles. The van der Waals surface area contributed by atoms with Gasteiger partial charge in [-0.05, 0) is 29.7 Å². The number of carbonyl (C=O) groups excluding carboxylic acids is 1. The highest BCUT2D eigenvalue weighted by molar-refractivity contribution is 6.15. The van der Waals surface area contributed by atoms with Crippen molar-refractivity contribution in [2.45, 2.75) is 77.7 Å². The second-order valence-electron chi connectivity index (χ2n) is 9.55. The number of ketones is 1. The van der Waals surface area contributed by atoms with Gasteiger partial charge >= 0.3 is 11.9 Å². The number of nitrogens with zero attached hydrogens (tertiary/aromatic N) is 1. The molecule has 0 saturated carbocycles. The maximum atomic E-state index is 13.3. The summed E-state index contributed by atoms with van der Waals surface area (Å²) < 4.78 is 1.70. The molecule has 6 heteroatoms. The molecule has 0 saturated heterocycles. The molecule has 37 heavy (non-hydrogen) atoms. The number of unbranched alkanes of at least 4 members (excludes halogenated alkanes) is 8. The SMILES string of the molecule is CCCCCCCCCCCC(=O)c1c(C(=O)O)n(Cc2ccc(/C=C/C(=O)O)cc2)c2ccccc12. The van der Waals surface area contributed by atoms with Gasteiger partial charge in [-0.1, -0.05) is 101 Å². The number of fused-ring (bicyclic) bond motifs is 1. The van der Waals surface area contributed by atoms with Gasteiger partial charge < -0.3 is 14.8 Å². The topological polar surface area (TPSA) is 96.6 Å². The van der Waals surface area contributed by atoms with Gasteiger partial charge in [0.05, 0.1) is 5.56 Å². The molecule has 1 aromatic heterocycles. The zero-order valence-corrected chi connectivity index (χ0v) is 21.6. The number of carboxylic acids is 2. The lowest BCUT2D eigenvalue weighted by atomic mass is 10.0. The maximum absolute atomic E-state index is 13.3. The Bertz CT molecular complexity index is 1240. The summed E-state index contributed by atoms with van der Waals surface area (Å²) in [7, 11) is 0. The van der Waals surface area contributed by atoms with Crippen LogP contribution < -0.4 is 0 Å². The van der Waals surface area contributed by atoms with Gasteiger partial charge in [-0.2, -0.15) is 0 Å². The molecule has 6 nitrogen and oxygen atoms in total. The number of hydrogen-bond acceptors (Lipinski definition) is 3. The molecule has 196 valence electrons. The van der Waals surface area contributed by atoms with Crippen molar-refractivity contribution in [1.29, 1.82) is 0 Å². The van der Waals surface area contributed by atoms with Crippen molar-refractivity contribution in [1.82, 2.24) is 4.57 Å². The van der Waals surface area contributed by atoms with E-state index in [9.17, 15) is 19.5 Å². The first-order valence-electron chi connectivity index (χ1n) is 13.3. The Balaban J connectivity index is 1.74. The van der Waals surface area contributed by atoms with E-state index in [1.54, 1.807) is 16.7 Å². The van der Waals surface area contributed by atoms with Crippen molar-refractivity contribution < 1.29 is 24.6 Å². The van der Waals surface area contributed by atoms with Crippen LogP contribution in [-0.2, 0) is 11.3 Å². The summed E-state index contributed by atoms with van der Waals surface area (Å²) in [5, 5.41) is 19.6.